The highest BCUT2D eigenvalue weighted by molar-refractivity contribution is 7.99. The SMILES string of the molecule is c1ccc(-c2cc(Sc3ccc4c(c3)C3(c5ccccc5-c5ccccc53)c3ccccc3-4)cc(-c3cc4c5ccccc5n5c6ccccc6c(c3)c45)c2)cc1. The van der Waals surface area contributed by atoms with Gasteiger partial charge in [-0.25, -0.2) is 0 Å². The maximum atomic E-state index is 2.49. The number of rotatable bonds is 4. The molecule has 2 aromatic heterocycles. The number of fused-ring (bicyclic) bond motifs is 16. The van der Waals surface area contributed by atoms with E-state index in [0.717, 1.165) is 0 Å². The van der Waals surface area contributed by atoms with Crippen molar-refractivity contribution >= 4 is 49.9 Å². The summed E-state index contributed by atoms with van der Waals surface area (Å²) in [5.74, 6) is 0. The fraction of sp³-hybridized carbons (Fsp3) is 0.0182. The molecule has 13 rings (SSSR count). The van der Waals surface area contributed by atoms with Crippen LogP contribution in [0, 0.1) is 0 Å². The van der Waals surface area contributed by atoms with Gasteiger partial charge < -0.3 is 4.40 Å². The molecule has 2 aliphatic carbocycles. The summed E-state index contributed by atoms with van der Waals surface area (Å²) in [5, 5.41) is 5.19. The van der Waals surface area contributed by atoms with Gasteiger partial charge in [0.05, 0.1) is 22.0 Å². The first kappa shape index (κ1) is 31.3. The van der Waals surface area contributed by atoms with E-state index in [1.54, 1.807) is 0 Å². The number of aromatic nitrogens is 1. The lowest BCUT2D eigenvalue weighted by Gasteiger charge is -2.30. The van der Waals surface area contributed by atoms with E-state index in [1.807, 2.05) is 11.8 Å². The molecule has 0 amide bonds. The summed E-state index contributed by atoms with van der Waals surface area (Å²) in [5.41, 5.74) is 19.2. The third-order valence-corrected chi connectivity index (χ3v) is 13.7. The Bertz CT molecular complexity index is 3300. The molecule has 264 valence electrons. The molecule has 1 nitrogen and oxygen atoms in total. The Kier molecular flexibility index (Phi) is 6.37. The van der Waals surface area contributed by atoms with Crippen molar-refractivity contribution in [3.63, 3.8) is 0 Å². The Labute approximate surface area is 334 Å². The molecule has 0 atom stereocenters. The van der Waals surface area contributed by atoms with Gasteiger partial charge in [-0.05, 0) is 121 Å². The Morgan fingerprint density at radius 3 is 1.39 bits per heavy atom. The second-order valence-electron chi connectivity index (χ2n) is 15.6. The van der Waals surface area contributed by atoms with Crippen LogP contribution < -0.4 is 0 Å². The van der Waals surface area contributed by atoms with E-state index in [-0.39, 0.29) is 5.41 Å². The average molecular weight is 740 g/mol. The molecule has 0 radical (unpaired) electrons. The second-order valence-corrected chi connectivity index (χ2v) is 16.7. The Hall–Kier alpha value is -6.87. The highest BCUT2D eigenvalue weighted by Gasteiger charge is 2.51. The minimum absolute atomic E-state index is 0.361. The molecule has 2 aliphatic rings. The van der Waals surface area contributed by atoms with E-state index in [1.165, 1.54) is 115 Å². The van der Waals surface area contributed by atoms with Crippen molar-refractivity contribution in [2.24, 2.45) is 0 Å². The number of hydrogen-bond acceptors (Lipinski definition) is 1. The molecule has 0 aliphatic heterocycles. The topological polar surface area (TPSA) is 4.41 Å². The highest BCUT2D eigenvalue weighted by Crippen LogP contribution is 2.63. The summed E-state index contributed by atoms with van der Waals surface area (Å²) < 4.78 is 2.46. The first-order valence-corrected chi connectivity index (χ1v) is 20.6. The summed E-state index contributed by atoms with van der Waals surface area (Å²) in [4.78, 5) is 2.47. The number of nitrogens with zero attached hydrogens (tertiary/aromatic N) is 1. The van der Waals surface area contributed by atoms with E-state index in [0.29, 0.717) is 0 Å². The maximum absolute atomic E-state index is 2.49. The van der Waals surface area contributed by atoms with Crippen LogP contribution in [0.3, 0.4) is 0 Å². The summed E-state index contributed by atoms with van der Waals surface area (Å²) in [6, 6.07) is 74.9. The van der Waals surface area contributed by atoms with Gasteiger partial charge in [0.25, 0.3) is 0 Å². The molecule has 2 heterocycles. The van der Waals surface area contributed by atoms with Crippen LogP contribution in [0.2, 0.25) is 0 Å². The minimum Gasteiger partial charge on any atom is -0.308 e. The normalized spacial score (nSPS) is 13.5. The van der Waals surface area contributed by atoms with Gasteiger partial charge in [-0.1, -0.05) is 157 Å². The molecule has 0 fully saturated rings. The fourth-order valence-corrected chi connectivity index (χ4v) is 11.5. The van der Waals surface area contributed by atoms with Crippen LogP contribution in [0.5, 0.6) is 0 Å². The quantitative estimate of drug-likeness (QED) is 0.174. The van der Waals surface area contributed by atoms with Gasteiger partial charge in [-0.3, -0.25) is 0 Å². The monoisotopic (exact) mass is 739 g/mol. The van der Waals surface area contributed by atoms with Crippen LogP contribution in [0.4, 0.5) is 0 Å². The van der Waals surface area contributed by atoms with Gasteiger partial charge in [-0.2, -0.15) is 0 Å². The number of benzene rings is 9. The van der Waals surface area contributed by atoms with Crippen molar-refractivity contribution in [1.29, 1.82) is 0 Å². The van der Waals surface area contributed by atoms with Crippen molar-refractivity contribution in [3.8, 4) is 44.5 Å². The molecule has 11 aromatic rings. The van der Waals surface area contributed by atoms with Crippen LogP contribution in [-0.2, 0) is 5.41 Å². The zero-order valence-corrected chi connectivity index (χ0v) is 31.7. The van der Waals surface area contributed by atoms with Crippen molar-refractivity contribution in [1.82, 2.24) is 4.40 Å². The van der Waals surface area contributed by atoms with E-state index < -0.39 is 0 Å². The lowest BCUT2D eigenvalue weighted by molar-refractivity contribution is 0.791. The van der Waals surface area contributed by atoms with Gasteiger partial charge in [-0.15, -0.1) is 0 Å². The standard InChI is InChI=1S/C55H33NS/c1-2-14-34(15-3-1)35-28-36(37-31-46-44-19-7-12-24-52(44)56-53-25-13-8-20-45(53)47(32-37)54(46)56)30-39(29-35)57-38-26-27-43-42-18-6-11-23-50(42)55(51(43)33-38)48-21-9-4-16-40(48)41-17-5-10-22-49(41)55/h1-33H. The smallest absolute Gasteiger partial charge is 0.0725 e. The van der Waals surface area contributed by atoms with Gasteiger partial charge in [0, 0.05) is 31.3 Å². The van der Waals surface area contributed by atoms with E-state index in [2.05, 4.69) is 205 Å². The van der Waals surface area contributed by atoms with Crippen LogP contribution in [0.1, 0.15) is 22.3 Å². The zero-order chi connectivity index (χ0) is 37.2. The average Bonchev–Trinajstić information content (AvgIpc) is 3.98. The molecule has 0 saturated carbocycles. The third kappa shape index (κ3) is 4.20. The molecular weight excluding hydrogens is 707 g/mol. The molecule has 0 N–H and O–H groups in total. The minimum atomic E-state index is -0.361. The number of para-hydroxylation sites is 2. The van der Waals surface area contributed by atoms with Crippen LogP contribution >= 0.6 is 11.8 Å². The lowest BCUT2D eigenvalue weighted by atomic mass is 9.70. The lowest BCUT2D eigenvalue weighted by Crippen LogP contribution is -2.25. The van der Waals surface area contributed by atoms with Crippen molar-refractivity contribution < 1.29 is 0 Å². The molecule has 57 heavy (non-hydrogen) atoms. The van der Waals surface area contributed by atoms with E-state index in [9.17, 15) is 0 Å². The van der Waals surface area contributed by atoms with Crippen molar-refractivity contribution in [3.05, 3.63) is 222 Å². The first-order chi connectivity index (χ1) is 28.3. The Balaban J connectivity index is 1.01. The van der Waals surface area contributed by atoms with Crippen molar-refractivity contribution in [2.45, 2.75) is 15.2 Å². The summed E-state index contributed by atoms with van der Waals surface area (Å²) in [6.07, 6.45) is 0. The molecular formula is C55H33NS. The number of hydrogen-bond donors (Lipinski definition) is 0. The van der Waals surface area contributed by atoms with E-state index >= 15 is 0 Å². The summed E-state index contributed by atoms with van der Waals surface area (Å²) in [7, 11) is 0. The first-order valence-electron chi connectivity index (χ1n) is 19.8. The van der Waals surface area contributed by atoms with E-state index in [4.69, 9.17) is 0 Å². The van der Waals surface area contributed by atoms with Crippen LogP contribution in [0.25, 0.3) is 82.6 Å². The molecule has 0 bridgehead atoms. The fourth-order valence-electron chi connectivity index (χ4n) is 10.5. The highest BCUT2D eigenvalue weighted by atomic mass is 32.2. The van der Waals surface area contributed by atoms with Crippen LogP contribution in [0.15, 0.2) is 210 Å². The second kappa shape index (κ2) is 11.6. The predicted molar refractivity (Wildman–Crippen MR) is 239 cm³/mol. The molecule has 0 unspecified atom stereocenters. The van der Waals surface area contributed by atoms with Crippen molar-refractivity contribution in [2.75, 3.05) is 0 Å². The van der Waals surface area contributed by atoms with Gasteiger partial charge in [0.1, 0.15) is 0 Å². The third-order valence-electron chi connectivity index (χ3n) is 12.8. The molecule has 9 aromatic carbocycles. The summed E-state index contributed by atoms with van der Waals surface area (Å²) in [6.45, 7) is 0. The molecule has 1 spiro atoms. The zero-order valence-electron chi connectivity index (χ0n) is 30.9. The maximum Gasteiger partial charge on any atom is 0.0725 e. The van der Waals surface area contributed by atoms with Gasteiger partial charge in [0.2, 0.25) is 0 Å². The Morgan fingerprint density at radius 2 is 0.789 bits per heavy atom. The summed E-state index contributed by atoms with van der Waals surface area (Å²) >= 11 is 1.87. The van der Waals surface area contributed by atoms with Crippen LogP contribution in [-0.4, -0.2) is 4.40 Å². The van der Waals surface area contributed by atoms with Gasteiger partial charge in [0.15, 0.2) is 0 Å². The predicted octanol–water partition coefficient (Wildman–Crippen LogP) is 14.7. The Morgan fingerprint density at radius 1 is 0.316 bits per heavy atom. The molecule has 2 heteroatoms. The van der Waals surface area contributed by atoms with Gasteiger partial charge >= 0.3 is 0 Å². The molecule has 0 saturated heterocycles. The largest absolute Gasteiger partial charge is 0.308 e.